The Balaban J connectivity index is 1.73. The van der Waals surface area contributed by atoms with Gasteiger partial charge in [-0.3, -0.25) is 0 Å². The van der Waals surface area contributed by atoms with Crippen molar-refractivity contribution in [1.29, 1.82) is 0 Å². The highest BCUT2D eigenvalue weighted by Gasteiger charge is 2.39. The lowest BCUT2D eigenvalue weighted by Crippen LogP contribution is -2.30. The van der Waals surface area contributed by atoms with Gasteiger partial charge in [0.1, 0.15) is 17.7 Å². The summed E-state index contributed by atoms with van der Waals surface area (Å²) in [6.07, 6.45) is 3.84. The quantitative estimate of drug-likeness (QED) is 0.906. The number of nitrogens with one attached hydrogen (secondary N) is 1. The number of ether oxygens (including phenoxy) is 1. The molecule has 1 saturated heterocycles. The molecule has 1 unspecified atom stereocenters. The predicted octanol–water partition coefficient (Wildman–Crippen LogP) is 3.25. The van der Waals surface area contributed by atoms with E-state index < -0.39 is 5.82 Å². The van der Waals surface area contributed by atoms with E-state index in [0.29, 0.717) is 17.6 Å². The van der Waals surface area contributed by atoms with Gasteiger partial charge in [0.15, 0.2) is 0 Å². The Labute approximate surface area is 111 Å². The van der Waals surface area contributed by atoms with Crippen molar-refractivity contribution in [2.24, 2.45) is 11.8 Å². The lowest BCUT2D eigenvalue weighted by molar-refractivity contribution is 0.120. The van der Waals surface area contributed by atoms with E-state index in [9.17, 15) is 4.39 Å². The monoisotopic (exact) mass is 269 g/mol. The summed E-state index contributed by atoms with van der Waals surface area (Å²) >= 11 is 5.68. The zero-order chi connectivity index (χ0) is 12.5. The molecular weight excluding hydrogens is 253 g/mol. The molecule has 3 rings (SSSR count). The van der Waals surface area contributed by atoms with Crippen LogP contribution < -0.4 is 10.1 Å². The summed E-state index contributed by atoms with van der Waals surface area (Å²) in [7, 11) is 0. The van der Waals surface area contributed by atoms with Crippen LogP contribution in [0.3, 0.4) is 0 Å². The molecule has 1 heterocycles. The summed E-state index contributed by atoms with van der Waals surface area (Å²) in [5.74, 6) is 1.39. The van der Waals surface area contributed by atoms with Gasteiger partial charge >= 0.3 is 0 Å². The topological polar surface area (TPSA) is 21.3 Å². The number of hydrogen-bond donors (Lipinski definition) is 1. The number of benzene rings is 1. The van der Waals surface area contributed by atoms with Crippen LogP contribution >= 0.6 is 11.6 Å². The second-order valence-corrected chi connectivity index (χ2v) is 5.66. The largest absolute Gasteiger partial charge is 0.490 e. The molecule has 2 nitrogen and oxygen atoms in total. The fourth-order valence-electron chi connectivity index (χ4n) is 2.67. The maximum Gasteiger partial charge on any atom is 0.145 e. The third kappa shape index (κ3) is 2.62. The first kappa shape index (κ1) is 12.2. The molecule has 1 aromatic rings. The second kappa shape index (κ2) is 5.06. The van der Waals surface area contributed by atoms with Crippen molar-refractivity contribution in [2.45, 2.75) is 25.4 Å². The Kier molecular flexibility index (Phi) is 3.44. The minimum Gasteiger partial charge on any atom is -0.490 e. The van der Waals surface area contributed by atoms with Crippen LogP contribution in [-0.4, -0.2) is 19.2 Å². The molecule has 2 atom stereocenters. The van der Waals surface area contributed by atoms with E-state index in [1.807, 2.05) is 0 Å². The van der Waals surface area contributed by atoms with Gasteiger partial charge in [0, 0.05) is 18.5 Å². The molecule has 1 aliphatic heterocycles. The summed E-state index contributed by atoms with van der Waals surface area (Å²) in [6.45, 7) is 2.07. The van der Waals surface area contributed by atoms with Crippen LogP contribution in [0.4, 0.5) is 4.39 Å². The van der Waals surface area contributed by atoms with Crippen molar-refractivity contribution in [3.8, 4) is 5.75 Å². The van der Waals surface area contributed by atoms with Crippen LogP contribution in [0, 0.1) is 17.7 Å². The van der Waals surface area contributed by atoms with E-state index in [1.54, 1.807) is 12.1 Å². The van der Waals surface area contributed by atoms with Crippen LogP contribution in [0.1, 0.15) is 19.3 Å². The molecule has 1 aliphatic carbocycles. The van der Waals surface area contributed by atoms with Crippen molar-refractivity contribution in [3.05, 3.63) is 29.0 Å². The predicted molar refractivity (Wildman–Crippen MR) is 69.5 cm³/mol. The molecule has 0 bridgehead atoms. The molecule has 2 aliphatic rings. The Morgan fingerprint density at radius 2 is 2.11 bits per heavy atom. The molecule has 18 heavy (non-hydrogen) atoms. The fourth-order valence-corrected chi connectivity index (χ4v) is 2.78. The van der Waals surface area contributed by atoms with E-state index >= 15 is 0 Å². The maximum absolute atomic E-state index is 13.4. The van der Waals surface area contributed by atoms with E-state index in [2.05, 4.69) is 5.32 Å². The molecule has 0 radical (unpaired) electrons. The van der Waals surface area contributed by atoms with Crippen molar-refractivity contribution >= 4 is 11.6 Å². The van der Waals surface area contributed by atoms with Gasteiger partial charge < -0.3 is 10.1 Å². The number of hydrogen-bond acceptors (Lipinski definition) is 2. The highest BCUT2D eigenvalue weighted by molar-refractivity contribution is 6.30. The standard InChI is InChI=1S/C14H17ClFNO/c15-12-4-3-11(7-13(12)16)18-14(9-1-2-9)10-5-6-17-8-10/h3-4,7,9-10,14,17H,1-2,5-6,8H2/t10-,14?/m1/s1. The van der Waals surface area contributed by atoms with E-state index in [-0.39, 0.29) is 11.1 Å². The van der Waals surface area contributed by atoms with Gasteiger partial charge in [-0.15, -0.1) is 0 Å². The van der Waals surface area contributed by atoms with Gasteiger partial charge in [-0.2, -0.15) is 0 Å². The smallest absolute Gasteiger partial charge is 0.145 e. The molecule has 98 valence electrons. The third-order valence-electron chi connectivity index (χ3n) is 3.81. The van der Waals surface area contributed by atoms with Gasteiger partial charge in [-0.1, -0.05) is 11.6 Å². The maximum atomic E-state index is 13.4. The molecule has 0 aromatic heterocycles. The zero-order valence-corrected chi connectivity index (χ0v) is 10.9. The fraction of sp³-hybridized carbons (Fsp3) is 0.571. The highest BCUT2D eigenvalue weighted by atomic mass is 35.5. The number of halogens is 2. The molecule has 1 N–H and O–H groups in total. The van der Waals surface area contributed by atoms with Crippen molar-refractivity contribution in [3.63, 3.8) is 0 Å². The molecule has 1 saturated carbocycles. The minimum absolute atomic E-state index is 0.146. The molecule has 2 fully saturated rings. The average molecular weight is 270 g/mol. The van der Waals surface area contributed by atoms with Gasteiger partial charge in [0.25, 0.3) is 0 Å². The Bertz CT molecular complexity index is 430. The Morgan fingerprint density at radius 3 is 2.72 bits per heavy atom. The van der Waals surface area contributed by atoms with Crippen LogP contribution in [0.25, 0.3) is 0 Å². The molecule has 4 heteroatoms. The second-order valence-electron chi connectivity index (χ2n) is 5.25. The summed E-state index contributed by atoms with van der Waals surface area (Å²) in [5, 5.41) is 3.51. The van der Waals surface area contributed by atoms with Gasteiger partial charge in [0.2, 0.25) is 0 Å². The lowest BCUT2D eigenvalue weighted by atomic mass is 9.97. The average Bonchev–Trinajstić information content (AvgIpc) is 3.05. The first-order valence-corrected chi connectivity index (χ1v) is 6.94. The van der Waals surface area contributed by atoms with E-state index in [0.717, 1.165) is 19.5 Å². The van der Waals surface area contributed by atoms with Crippen molar-refractivity contribution in [2.75, 3.05) is 13.1 Å². The molecule has 1 aromatic carbocycles. The summed E-state index contributed by atoms with van der Waals surface area (Å²) in [5.41, 5.74) is 0. The molecule has 0 spiro atoms. The van der Waals surface area contributed by atoms with E-state index in [1.165, 1.54) is 18.9 Å². The van der Waals surface area contributed by atoms with Gasteiger partial charge in [-0.05, 0) is 43.9 Å². The number of rotatable bonds is 4. The summed E-state index contributed by atoms with van der Waals surface area (Å²) < 4.78 is 19.4. The van der Waals surface area contributed by atoms with Crippen LogP contribution in [0.15, 0.2) is 18.2 Å². The van der Waals surface area contributed by atoms with Gasteiger partial charge in [0.05, 0.1) is 5.02 Å². The zero-order valence-electron chi connectivity index (χ0n) is 10.2. The lowest BCUT2D eigenvalue weighted by Gasteiger charge is -2.24. The normalized spacial score (nSPS) is 25.1. The first-order valence-electron chi connectivity index (χ1n) is 6.56. The Morgan fingerprint density at radius 1 is 1.28 bits per heavy atom. The molecular formula is C14H17ClFNO. The van der Waals surface area contributed by atoms with Crippen molar-refractivity contribution < 1.29 is 9.13 Å². The van der Waals surface area contributed by atoms with Crippen LogP contribution in [0.2, 0.25) is 5.02 Å². The Hall–Kier alpha value is -0.800. The highest BCUT2D eigenvalue weighted by Crippen LogP contribution is 2.40. The summed E-state index contributed by atoms with van der Waals surface area (Å²) in [4.78, 5) is 0. The SMILES string of the molecule is Fc1cc(OC(C2CC2)[C@@H]2CCNC2)ccc1Cl. The third-order valence-corrected chi connectivity index (χ3v) is 4.12. The van der Waals surface area contributed by atoms with Crippen molar-refractivity contribution in [1.82, 2.24) is 5.32 Å². The van der Waals surface area contributed by atoms with Crippen LogP contribution in [-0.2, 0) is 0 Å². The summed E-state index contributed by atoms with van der Waals surface area (Å²) in [6, 6.07) is 4.70. The van der Waals surface area contributed by atoms with Crippen LogP contribution in [0.5, 0.6) is 5.75 Å². The minimum atomic E-state index is -0.409. The van der Waals surface area contributed by atoms with E-state index in [4.69, 9.17) is 16.3 Å². The van der Waals surface area contributed by atoms with Gasteiger partial charge in [-0.25, -0.2) is 4.39 Å². The first-order chi connectivity index (χ1) is 8.74. The molecule has 0 amide bonds.